The maximum atomic E-state index is 13.4. The van der Waals surface area contributed by atoms with E-state index in [4.69, 9.17) is 15.9 Å². The van der Waals surface area contributed by atoms with Crippen LogP contribution in [0.15, 0.2) is 30.5 Å². The predicted octanol–water partition coefficient (Wildman–Crippen LogP) is -0.0377. The Morgan fingerprint density at radius 2 is 1.40 bits per heavy atom. The minimum Gasteiger partial charge on any atom is -0.481 e. The van der Waals surface area contributed by atoms with E-state index in [9.17, 15) is 33.9 Å². The number of nitrogens with two attached hydrogens (primary N) is 1. The summed E-state index contributed by atoms with van der Waals surface area (Å²) in [6.07, 6.45) is 0.199. The van der Waals surface area contributed by atoms with Gasteiger partial charge in [-0.15, -0.1) is 0 Å². The van der Waals surface area contributed by atoms with Crippen LogP contribution in [-0.2, 0) is 35.2 Å². The molecule has 0 saturated carbocycles. The first kappa shape index (κ1) is 31.8. The normalized spacial score (nSPS) is 14.1. The van der Waals surface area contributed by atoms with Gasteiger partial charge in [-0.25, -0.2) is 4.79 Å². The summed E-state index contributed by atoms with van der Waals surface area (Å²) in [5.74, 6) is -6.72. The number of nitrogens with one attached hydrogen (secondary N) is 4. The fourth-order valence-electron chi connectivity index (χ4n) is 3.99. The number of carbonyl (C=O) groups excluding carboxylic acids is 3. The van der Waals surface area contributed by atoms with Crippen molar-refractivity contribution in [1.82, 2.24) is 20.9 Å². The zero-order valence-corrected chi connectivity index (χ0v) is 22.2. The molecule has 9 N–H and O–H groups in total. The highest BCUT2D eigenvalue weighted by Gasteiger charge is 2.32. The molecule has 14 nitrogen and oxygen atoms in total. The Morgan fingerprint density at radius 1 is 0.825 bits per heavy atom. The van der Waals surface area contributed by atoms with E-state index >= 15 is 0 Å². The summed E-state index contributed by atoms with van der Waals surface area (Å²) in [7, 11) is 0. The molecule has 0 saturated heterocycles. The molecule has 14 heteroatoms. The molecule has 0 radical (unpaired) electrons. The van der Waals surface area contributed by atoms with Crippen LogP contribution in [0.1, 0.15) is 45.1 Å². The van der Waals surface area contributed by atoms with Crippen LogP contribution >= 0.6 is 0 Å². The molecule has 40 heavy (non-hydrogen) atoms. The van der Waals surface area contributed by atoms with Crippen molar-refractivity contribution in [2.75, 3.05) is 0 Å². The molecule has 0 bridgehead atoms. The summed E-state index contributed by atoms with van der Waals surface area (Å²) in [5.41, 5.74) is 7.24. The van der Waals surface area contributed by atoms with Crippen molar-refractivity contribution in [2.24, 2.45) is 11.7 Å². The van der Waals surface area contributed by atoms with E-state index in [1.807, 2.05) is 12.1 Å². The van der Waals surface area contributed by atoms with Gasteiger partial charge in [0.15, 0.2) is 0 Å². The van der Waals surface area contributed by atoms with Gasteiger partial charge < -0.3 is 42.0 Å². The molecule has 2 rings (SSSR count). The number of hydrogen-bond acceptors (Lipinski definition) is 7. The minimum atomic E-state index is -1.42. The van der Waals surface area contributed by atoms with Crippen LogP contribution in [0.3, 0.4) is 0 Å². The second kappa shape index (κ2) is 14.6. The van der Waals surface area contributed by atoms with Crippen LogP contribution in [0.4, 0.5) is 0 Å². The molecule has 0 aliphatic carbocycles. The van der Waals surface area contributed by atoms with Gasteiger partial charge in [0.2, 0.25) is 17.7 Å². The fourth-order valence-corrected chi connectivity index (χ4v) is 3.99. The van der Waals surface area contributed by atoms with Crippen molar-refractivity contribution in [3.8, 4) is 0 Å². The smallest absolute Gasteiger partial charge is 0.326 e. The molecule has 0 spiro atoms. The topological polar surface area (TPSA) is 241 Å². The Balaban J connectivity index is 2.32. The number of aromatic amines is 1. The van der Waals surface area contributed by atoms with Crippen LogP contribution in [0.5, 0.6) is 0 Å². The third-order valence-corrected chi connectivity index (χ3v) is 6.25. The fraction of sp³-hybridized carbons (Fsp3) is 0.462. The average molecular weight is 562 g/mol. The molecule has 218 valence electrons. The Hall–Kier alpha value is -4.46. The number of rotatable bonds is 16. The molecule has 4 atom stereocenters. The second-order valence-electron chi connectivity index (χ2n) is 9.73. The number of aliphatic carboxylic acids is 3. The number of carbonyl (C=O) groups is 6. The van der Waals surface area contributed by atoms with E-state index < -0.39 is 72.1 Å². The summed E-state index contributed by atoms with van der Waals surface area (Å²) < 4.78 is 0. The van der Waals surface area contributed by atoms with Crippen molar-refractivity contribution in [3.05, 3.63) is 36.0 Å². The molecule has 1 heterocycles. The SMILES string of the molecule is CC(C)C(NC(=O)C(CCC(=O)O)NC(=O)C(Cc1c[nH]c2ccccc12)NC(=O)C(N)CCC(=O)O)C(=O)O. The van der Waals surface area contributed by atoms with Crippen LogP contribution in [-0.4, -0.2) is 80.1 Å². The largest absolute Gasteiger partial charge is 0.481 e. The van der Waals surface area contributed by atoms with Gasteiger partial charge in [0.05, 0.1) is 6.04 Å². The minimum absolute atomic E-state index is 0.0513. The number of H-pyrrole nitrogens is 1. The van der Waals surface area contributed by atoms with Crippen LogP contribution in [0, 0.1) is 5.92 Å². The first-order chi connectivity index (χ1) is 18.8. The monoisotopic (exact) mass is 561 g/mol. The lowest BCUT2D eigenvalue weighted by atomic mass is 10.0. The van der Waals surface area contributed by atoms with Gasteiger partial charge in [0.1, 0.15) is 18.1 Å². The van der Waals surface area contributed by atoms with Gasteiger partial charge in [-0.3, -0.25) is 24.0 Å². The van der Waals surface area contributed by atoms with Gasteiger partial charge >= 0.3 is 17.9 Å². The molecule has 4 unspecified atom stereocenters. The summed E-state index contributed by atoms with van der Waals surface area (Å²) in [5, 5.41) is 35.5. The molecule has 1 aromatic heterocycles. The molecular weight excluding hydrogens is 526 g/mol. The Morgan fingerprint density at radius 3 is 2.00 bits per heavy atom. The summed E-state index contributed by atoms with van der Waals surface area (Å²) >= 11 is 0. The quantitative estimate of drug-likeness (QED) is 0.136. The zero-order valence-electron chi connectivity index (χ0n) is 22.2. The van der Waals surface area contributed by atoms with Gasteiger partial charge in [0.25, 0.3) is 0 Å². The highest BCUT2D eigenvalue weighted by molar-refractivity contribution is 5.95. The van der Waals surface area contributed by atoms with Gasteiger partial charge in [-0.05, 0) is 30.4 Å². The van der Waals surface area contributed by atoms with E-state index in [0.29, 0.717) is 5.56 Å². The number of fused-ring (bicyclic) bond motifs is 1. The number of benzene rings is 1. The summed E-state index contributed by atoms with van der Waals surface area (Å²) in [4.78, 5) is 75.8. The lowest BCUT2D eigenvalue weighted by molar-refractivity contribution is -0.144. The number of aromatic nitrogens is 1. The maximum Gasteiger partial charge on any atom is 0.326 e. The Labute approximate surface area is 229 Å². The predicted molar refractivity (Wildman–Crippen MR) is 142 cm³/mol. The van der Waals surface area contributed by atoms with E-state index in [-0.39, 0.29) is 25.7 Å². The highest BCUT2D eigenvalue weighted by Crippen LogP contribution is 2.19. The third-order valence-electron chi connectivity index (χ3n) is 6.25. The average Bonchev–Trinajstić information content (AvgIpc) is 3.29. The number of amides is 3. The van der Waals surface area contributed by atoms with E-state index in [2.05, 4.69) is 20.9 Å². The number of para-hydroxylation sites is 1. The van der Waals surface area contributed by atoms with Crippen molar-refractivity contribution in [3.63, 3.8) is 0 Å². The van der Waals surface area contributed by atoms with Crippen molar-refractivity contribution in [1.29, 1.82) is 0 Å². The molecule has 2 aromatic rings. The van der Waals surface area contributed by atoms with Crippen LogP contribution in [0.25, 0.3) is 10.9 Å². The Bertz CT molecular complexity index is 1240. The molecule has 0 aliphatic rings. The van der Waals surface area contributed by atoms with E-state index in [0.717, 1.165) is 10.9 Å². The third kappa shape index (κ3) is 9.38. The Kier molecular flexibility index (Phi) is 11.6. The maximum absolute atomic E-state index is 13.4. The lowest BCUT2D eigenvalue weighted by Crippen LogP contribution is -2.58. The van der Waals surface area contributed by atoms with Crippen molar-refractivity contribution < 1.29 is 44.1 Å². The number of hydrogen-bond donors (Lipinski definition) is 8. The first-order valence-electron chi connectivity index (χ1n) is 12.7. The van der Waals surface area contributed by atoms with Crippen molar-refractivity contribution in [2.45, 2.75) is 70.1 Å². The molecule has 0 aliphatic heterocycles. The molecule has 0 fully saturated rings. The molecule has 3 amide bonds. The number of carboxylic acid groups (broad SMARTS) is 3. The standard InChI is InChI=1S/C26H35N5O9/c1-13(2)22(26(39)40)31-24(37)18(8-10-21(34)35)29-25(38)19(30-23(36)16(27)7-9-20(32)33)11-14-12-28-17-6-4-3-5-15(14)17/h3-6,12-13,16,18-19,22,28H,7-11,27H2,1-2H3,(H,29,38)(H,30,36)(H,31,37)(H,32,33)(H,34,35)(H,39,40). The second-order valence-corrected chi connectivity index (χ2v) is 9.73. The number of carboxylic acids is 3. The van der Waals surface area contributed by atoms with E-state index in [1.165, 1.54) is 0 Å². The highest BCUT2D eigenvalue weighted by atomic mass is 16.4. The lowest BCUT2D eigenvalue weighted by Gasteiger charge is -2.26. The first-order valence-corrected chi connectivity index (χ1v) is 12.7. The van der Waals surface area contributed by atoms with Gasteiger partial charge in [-0.1, -0.05) is 32.0 Å². The zero-order chi connectivity index (χ0) is 30.0. The van der Waals surface area contributed by atoms with Gasteiger partial charge in [0, 0.05) is 36.4 Å². The summed E-state index contributed by atoms with van der Waals surface area (Å²) in [6.45, 7) is 3.15. The molecule has 1 aromatic carbocycles. The molecular formula is C26H35N5O9. The summed E-state index contributed by atoms with van der Waals surface area (Å²) in [6, 6.07) is 1.98. The van der Waals surface area contributed by atoms with Crippen LogP contribution < -0.4 is 21.7 Å². The van der Waals surface area contributed by atoms with E-state index in [1.54, 1.807) is 32.2 Å². The van der Waals surface area contributed by atoms with Gasteiger partial charge in [-0.2, -0.15) is 0 Å². The van der Waals surface area contributed by atoms with Crippen LogP contribution in [0.2, 0.25) is 0 Å². The van der Waals surface area contributed by atoms with Crippen molar-refractivity contribution >= 4 is 46.5 Å².